The summed E-state index contributed by atoms with van der Waals surface area (Å²) in [7, 11) is 0. The second kappa shape index (κ2) is 8.07. The number of anilines is 1. The molecule has 2 amide bonds. The van der Waals surface area contributed by atoms with Crippen LogP contribution in [0.1, 0.15) is 23.2 Å². The molecule has 4 aromatic rings. The Kier molecular flexibility index (Phi) is 5.11. The number of carbonyl (C=O) groups is 2. The summed E-state index contributed by atoms with van der Waals surface area (Å²) in [6.45, 7) is 0.934. The van der Waals surface area contributed by atoms with E-state index in [1.807, 2.05) is 30.3 Å². The van der Waals surface area contributed by atoms with Crippen molar-refractivity contribution < 1.29 is 14.0 Å². The van der Waals surface area contributed by atoms with Gasteiger partial charge in [0.15, 0.2) is 5.13 Å². The fourth-order valence-electron chi connectivity index (χ4n) is 4.07. The molecule has 2 heterocycles. The van der Waals surface area contributed by atoms with Crippen LogP contribution in [0.3, 0.4) is 0 Å². The van der Waals surface area contributed by atoms with Crippen LogP contribution in [-0.2, 0) is 4.79 Å². The molecule has 31 heavy (non-hydrogen) atoms. The third-order valence-electron chi connectivity index (χ3n) is 5.68. The molecule has 1 atom stereocenters. The number of piperidine rings is 1. The summed E-state index contributed by atoms with van der Waals surface area (Å²) in [6.07, 6.45) is 1.46. The SMILES string of the molecule is O=C(Nc1nc2c(ccc3ccccc32)s1)C1CCCN(C(=O)c2ccc(F)cc2)C1. The van der Waals surface area contributed by atoms with Gasteiger partial charge in [0.05, 0.1) is 16.1 Å². The second-order valence-corrected chi connectivity index (χ2v) is 8.77. The molecule has 1 saturated heterocycles. The Hall–Kier alpha value is -3.32. The van der Waals surface area contributed by atoms with Crippen LogP contribution in [0.25, 0.3) is 21.0 Å². The monoisotopic (exact) mass is 433 g/mol. The fourth-order valence-corrected chi connectivity index (χ4v) is 4.96. The van der Waals surface area contributed by atoms with Gasteiger partial charge in [-0.2, -0.15) is 0 Å². The van der Waals surface area contributed by atoms with E-state index < -0.39 is 0 Å². The Labute approximate surface area is 182 Å². The van der Waals surface area contributed by atoms with Crippen molar-refractivity contribution in [1.29, 1.82) is 0 Å². The lowest BCUT2D eigenvalue weighted by Gasteiger charge is -2.32. The Balaban J connectivity index is 1.31. The number of fused-ring (bicyclic) bond motifs is 3. The van der Waals surface area contributed by atoms with E-state index in [1.165, 1.54) is 35.6 Å². The minimum Gasteiger partial charge on any atom is -0.338 e. The molecule has 1 fully saturated rings. The summed E-state index contributed by atoms with van der Waals surface area (Å²) in [6, 6.07) is 17.6. The van der Waals surface area contributed by atoms with Crippen molar-refractivity contribution >= 4 is 49.3 Å². The maximum absolute atomic E-state index is 13.1. The van der Waals surface area contributed by atoms with Gasteiger partial charge in [0.25, 0.3) is 5.91 Å². The van der Waals surface area contributed by atoms with Gasteiger partial charge >= 0.3 is 0 Å². The van der Waals surface area contributed by atoms with Gasteiger partial charge in [0.1, 0.15) is 5.82 Å². The normalized spacial score (nSPS) is 16.5. The number of hydrogen-bond acceptors (Lipinski definition) is 4. The van der Waals surface area contributed by atoms with E-state index in [0.717, 1.165) is 27.4 Å². The van der Waals surface area contributed by atoms with E-state index >= 15 is 0 Å². The molecule has 0 radical (unpaired) electrons. The van der Waals surface area contributed by atoms with Crippen LogP contribution in [0.4, 0.5) is 9.52 Å². The van der Waals surface area contributed by atoms with Gasteiger partial charge in [-0.1, -0.05) is 41.7 Å². The minimum absolute atomic E-state index is 0.125. The first-order valence-corrected chi connectivity index (χ1v) is 11.0. The average molecular weight is 434 g/mol. The predicted molar refractivity (Wildman–Crippen MR) is 121 cm³/mol. The number of benzene rings is 3. The highest BCUT2D eigenvalue weighted by Crippen LogP contribution is 2.32. The Bertz CT molecular complexity index is 1290. The summed E-state index contributed by atoms with van der Waals surface area (Å²) < 4.78 is 14.2. The fraction of sp³-hybridized carbons (Fsp3) is 0.208. The van der Waals surface area contributed by atoms with Crippen molar-refractivity contribution in [3.63, 3.8) is 0 Å². The van der Waals surface area contributed by atoms with Crippen molar-refractivity contribution in [3.8, 4) is 0 Å². The van der Waals surface area contributed by atoms with Crippen LogP contribution in [0.2, 0.25) is 0 Å². The summed E-state index contributed by atoms with van der Waals surface area (Å²) in [5, 5.41) is 5.69. The molecular formula is C24H20FN3O2S. The lowest BCUT2D eigenvalue weighted by molar-refractivity contribution is -0.121. The molecule has 1 aromatic heterocycles. The zero-order valence-electron chi connectivity index (χ0n) is 16.7. The highest BCUT2D eigenvalue weighted by molar-refractivity contribution is 7.22. The van der Waals surface area contributed by atoms with E-state index in [9.17, 15) is 14.0 Å². The first-order valence-electron chi connectivity index (χ1n) is 10.2. The number of halogens is 1. The van der Waals surface area contributed by atoms with Gasteiger partial charge in [-0.3, -0.25) is 9.59 Å². The quantitative estimate of drug-likeness (QED) is 0.490. The molecule has 156 valence electrons. The molecule has 1 N–H and O–H groups in total. The van der Waals surface area contributed by atoms with Gasteiger partial charge in [-0.25, -0.2) is 9.37 Å². The van der Waals surface area contributed by atoms with Crippen LogP contribution in [0.5, 0.6) is 0 Å². The highest BCUT2D eigenvalue weighted by atomic mass is 32.1. The van der Waals surface area contributed by atoms with E-state index in [1.54, 1.807) is 4.90 Å². The molecular weight excluding hydrogens is 413 g/mol. The smallest absolute Gasteiger partial charge is 0.253 e. The summed E-state index contributed by atoms with van der Waals surface area (Å²) in [5.41, 5.74) is 1.32. The number of thiazole rings is 1. The van der Waals surface area contributed by atoms with E-state index in [-0.39, 0.29) is 23.5 Å². The van der Waals surface area contributed by atoms with Gasteiger partial charge in [0.2, 0.25) is 5.91 Å². The van der Waals surface area contributed by atoms with Gasteiger partial charge < -0.3 is 10.2 Å². The molecule has 0 spiro atoms. The van der Waals surface area contributed by atoms with E-state index in [2.05, 4.69) is 16.4 Å². The first kappa shape index (κ1) is 19.6. The summed E-state index contributed by atoms with van der Waals surface area (Å²) in [4.78, 5) is 32.0. The number of hydrogen-bond donors (Lipinski definition) is 1. The molecule has 1 unspecified atom stereocenters. The number of amides is 2. The zero-order valence-corrected chi connectivity index (χ0v) is 17.5. The summed E-state index contributed by atoms with van der Waals surface area (Å²) >= 11 is 1.45. The molecule has 0 saturated carbocycles. The van der Waals surface area contributed by atoms with Crippen molar-refractivity contribution in [1.82, 2.24) is 9.88 Å². The third kappa shape index (κ3) is 3.88. The molecule has 0 bridgehead atoms. The Morgan fingerprint density at radius 3 is 2.71 bits per heavy atom. The Morgan fingerprint density at radius 1 is 1.06 bits per heavy atom. The Morgan fingerprint density at radius 2 is 1.87 bits per heavy atom. The number of carbonyl (C=O) groups excluding carboxylic acids is 2. The van der Waals surface area contributed by atoms with Gasteiger partial charge in [-0.05, 0) is 48.6 Å². The van der Waals surface area contributed by atoms with Crippen molar-refractivity contribution in [2.75, 3.05) is 18.4 Å². The topological polar surface area (TPSA) is 62.3 Å². The van der Waals surface area contributed by atoms with E-state index in [0.29, 0.717) is 30.2 Å². The van der Waals surface area contributed by atoms with Crippen LogP contribution >= 0.6 is 11.3 Å². The standard InChI is InChI=1S/C24H20FN3O2S/c25-18-10-7-16(8-11-18)23(30)28-13-3-5-17(14-28)22(29)27-24-26-21-19-6-2-1-4-15(19)9-12-20(21)31-24/h1-2,4,6-12,17H,3,5,13-14H2,(H,26,27,29). The van der Waals surface area contributed by atoms with Crippen molar-refractivity contribution in [2.24, 2.45) is 5.92 Å². The predicted octanol–water partition coefficient (Wildman–Crippen LogP) is 5.08. The molecule has 5 nitrogen and oxygen atoms in total. The molecule has 7 heteroatoms. The number of nitrogens with one attached hydrogen (secondary N) is 1. The van der Waals surface area contributed by atoms with E-state index in [4.69, 9.17) is 0 Å². The minimum atomic E-state index is -0.379. The third-order valence-corrected chi connectivity index (χ3v) is 6.62. The largest absolute Gasteiger partial charge is 0.338 e. The molecule has 0 aliphatic carbocycles. The summed E-state index contributed by atoms with van der Waals surface area (Å²) in [5.74, 6) is -0.984. The molecule has 5 rings (SSSR count). The van der Waals surface area contributed by atoms with Crippen LogP contribution in [-0.4, -0.2) is 34.8 Å². The average Bonchev–Trinajstić information content (AvgIpc) is 3.22. The highest BCUT2D eigenvalue weighted by Gasteiger charge is 2.29. The van der Waals surface area contributed by atoms with Crippen LogP contribution in [0.15, 0.2) is 60.7 Å². The lowest BCUT2D eigenvalue weighted by atomic mass is 9.96. The number of likely N-dealkylation sites (tertiary alicyclic amines) is 1. The van der Waals surface area contributed by atoms with Crippen LogP contribution in [0, 0.1) is 11.7 Å². The number of aromatic nitrogens is 1. The maximum Gasteiger partial charge on any atom is 0.253 e. The van der Waals surface area contributed by atoms with Crippen molar-refractivity contribution in [3.05, 3.63) is 72.0 Å². The lowest BCUT2D eigenvalue weighted by Crippen LogP contribution is -2.43. The molecule has 3 aromatic carbocycles. The van der Waals surface area contributed by atoms with Gasteiger partial charge in [-0.15, -0.1) is 0 Å². The van der Waals surface area contributed by atoms with Crippen LogP contribution < -0.4 is 5.32 Å². The second-order valence-electron chi connectivity index (χ2n) is 7.74. The first-order chi connectivity index (χ1) is 15.1. The zero-order chi connectivity index (χ0) is 21.4. The molecule has 1 aliphatic heterocycles. The van der Waals surface area contributed by atoms with Gasteiger partial charge in [0, 0.05) is 24.0 Å². The number of nitrogens with zero attached hydrogens (tertiary/aromatic N) is 2. The molecule has 1 aliphatic rings. The van der Waals surface area contributed by atoms with Crippen molar-refractivity contribution in [2.45, 2.75) is 12.8 Å². The number of rotatable bonds is 3. The maximum atomic E-state index is 13.1.